The van der Waals surface area contributed by atoms with Gasteiger partial charge in [0.2, 0.25) is 4.96 Å². The molecule has 0 aliphatic rings. The van der Waals surface area contributed by atoms with Crippen LogP contribution >= 0.6 is 23.1 Å². The van der Waals surface area contributed by atoms with Gasteiger partial charge in [0.05, 0.1) is 13.2 Å². The summed E-state index contributed by atoms with van der Waals surface area (Å²) < 4.78 is 8.00. The first-order valence-electron chi connectivity index (χ1n) is 7.80. The van der Waals surface area contributed by atoms with Crippen LogP contribution in [-0.4, -0.2) is 26.9 Å². The summed E-state index contributed by atoms with van der Waals surface area (Å²) in [5.41, 5.74) is 7.43. The van der Waals surface area contributed by atoms with Gasteiger partial charge >= 0.3 is 0 Å². The maximum absolute atomic E-state index is 6.23. The quantitative estimate of drug-likeness (QED) is 0.647. The van der Waals surface area contributed by atoms with E-state index in [2.05, 4.69) is 35.2 Å². The molecule has 1 aromatic carbocycles. The summed E-state index contributed by atoms with van der Waals surface area (Å²) in [7, 11) is 1.68. The van der Waals surface area contributed by atoms with E-state index in [4.69, 9.17) is 10.5 Å². The van der Waals surface area contributed by atoms with Crippen LogP contribution in [0.15, 0.2) is 28.6 Å². The average Bonchev–Trinajstić information content (AvgIpc) is 3.12. The van der Waals surface area contributed by atoms with Crippen molar-refractivity contribution in [1.29, 1.82) is 0 Å². The molecule has 0 saturated carbocycles. The van der Waals surface area contributed by atoms with Gasteiger partial charge in [0.1, 0.15) is 5.75 Å². The van der Waals surface area contributed by atoms with Crippen molar-refractivity contribution in [3.8, 4) is 5.75 Å². The molecule has 24 heavy (non-hydrogen) atoms. The first kappa shape index (κ1) is 17.2. The zero-order chi connectivity index (χ0) is 17.1. The van der Waals surface area contributed by atoms with Crippen LogP contribution in [-0.2, 0) is 5.75 Å². The first-order valence-corrected chi connectivity index (χ1v) is 9.60. The second kappa shape index (κ2) is 7.50. The molecule has 0 bridgehead atoms. The number of hydrogen-bond donors (Lipinski definition) is 1. The van der Waals surface area contributed by atoms with Gasteiger partial charge in [-0.2, -0.15) is 4.52 Å². The number of methoxy groups -OCH3 is 1. The van der Waals surface area contributed by atoms with Crippen LogP contribution in [0.4, 0.5) is 0 Å². The van der Waals surface area contributed by atoms with E-state index in [1.54, 1.807) is 23.4 Å². The number of ether oxygens (including phenoxy) is 1. The summed E-state index contributed by atoms with van der Waals surface area (Å²) in [6.45, 7) is 4.29. The van der Waals surface area contributed by atoms with Gasteiger partial charge in [0.25, 0.3) is 0 Å². The summed E-state index contributed by atoms with van der Waals surface area (Å²) >= 11 is 3.22. The van der Waals surface area contributed by atoms with Crippen LogP contribution in [0.25, 0.3) is 4.96 Å². The van der Waals surface area contributed by atoms with Crippen LogP contribution in [0.5, 0.6) is 5.75 Å². The maximum atomic E-state index is 6.23. The molecule has 0 spiro atoms. The lowest BCUT2D eigenvalue weighted by molar-refractivity contribution is 0.414. The highest BCUT2D eigenvalue weighted by Crippen LogP contribution is 2.29. The Kier molecular flexibility index (Phi) is 5.37. The number of rotatable bonds is 7. The van der Waals surface area contributed by atoms with E-state index >= 15 is 0 Å². The molecule has 0 aliphatic carbocycles. The SMILES string of the molecule is COc1cccc(CSc2nn3c([C@@H](N)CC(C)C)nnc3s2)c1. The van der Waals surface area contributed by atoms with Gasteiger partial charge in [-0.15, -0.1) is 15.3 Å². The Balaban J connectivity index is 1.73. The lowest BCUT2D eigenvalue weighted by Crippen LogP contribution is -2.16. The Labute approximate surface area is 149 Å². The summed E-state index contributed by atoms with van der Waals surface area (Å²) in [6.07, 6.45) is 0.866. The Morgan fingerprint density at radius 3 is 2.92 bits per heavy atom. The van der Waals surface area contributed by atoms with Crippen molar-refractivity contribution in [2.45, 2.75) is 36.4 Å². The van der Waals surface area contributed by atoms with Crippen LogP contribution < -0.4 is 10.5 Å². The van der Waals surface area contributed by atoms with Crippen molar-refractivity contribution in [3.63, 3.8) is 0 Å². The lowest BCUT2D eigenvalue weighted by atomic mass is 10.0. The van der Waals surface area contributed by atoms with Crippen LogP contribution in [0.2, 0.25) is 0 Å². The van der Waals surface area contributed by atoms with Gasteiger partial charge in [0.15, 0.2) is 10.2 Å². The Bertz CT molecular complexity index is 814. The van der Waals surface area contributed by atoms with Gasteiger partial charge < -0.3 is 10.5 Å². The standard InChI is InChI=1S/C16H21N5OS2/c1-10(2)7-13(17)14-18-19-15-21(14)20-16(24-15)23-9-11-5-4-6-12(8-11)22-3/h4-6,8,10,13H,7,9,17H2,1-3H3/t13-/m0/s1. The molecule has 0 unspecified atom stereocenters. The average molecular weight is 364 g/mol. The van der Waals surface area contributed by atoms with E-state index in [1.807, 2.05) is 18.2 Å². The number of benzene rings is 1. The van der Waals surface area contributed by atoms with Crippen LogP contribution in [0.1, 0.15) is 37.7 Å². The number of thioether (sulfide) groups is 1. The molecule has 2 heterocycles. The topological polar surface area (TPSA) is 78.3 Å². The number of fused-ring (bicyclic) bond motifs is 1. The van der Waals surface area contributed by atoms with E-state index in [9.17, 15) is 0 Å². The smallest absolute Gasteiger partial charge is 0.235 e. The summed E-state index contributed by atoms with van der Waals surface area (Å²) in [5.74, 6) is 2.94. The van der Waals surface area contributed by atoms with Gasteiger partial charge in [-0.3, -0.25) is 0 Å². The predicted octanol–water partition coefficient (Wildman–Crippen LogP) is 3.53. The third kappa shape index (κ3) is 3.88. The van der Waals surface area contributed by atoms with Crippen LogP contribution in [0, 0.1) is 5.92 Å². The number of nitrogens with two attached hydrogens (primary N) is 1. The normalized spacial score (nSPS) is 12.9. The highest BCUT2D eigenvalue weighted by atomic mass is 32.2. The van der Waals surface area contributed by atoms with E-state index in [1.165, 1.54) is 16.9 Å². The third-order valence-corrected chi connectivity index (χ3v) is 5.65. The molecule has 2 aromatic heterocycles. The highest BCUT2D eigenvalue weighted by Gasteiger charge is 2.18. The zero-order valence-corrected chi connectivity index (χ0v) is 15.6. The minimum absolute atomic E-state index is 0.140. The van der Waals surface area contributed by atoms with Crippen molar-refractivity contribution in [2.24, 2.45) is 11.7 Å². The molecule has 8 heteroatoms. The van der Waals surface area contributed by atoms with E-state index in [-0.39, 0.29) is 6.04 Å². The van der Waals surface area contributed by atoms with Crippen molar-refractivity contribution in [2.75, 3.05) is 7.11 Å². The molecule has 0 amide bonds. The number of nitrogens with zero attached hydrogens (tertiary/aromatic N) is 4. The van der Waals surface area contributed by atoms with E-state index in [0.29, 0.717) is 5.92 Å². The van der Waals surface area contributed by atoms with Crippen molar-refractivity contribution in [3.05, 3.63) is 35.7 Å². The number of hydrogen-bond acceptors (Lipinski definition) is 7. The molecule has 128 valence electrons. The Hall–Kier alpha value is -1.64. The molecule has 0 fully saturated rings. The van der Waals surface area contributed by atoms with E-state index < -0.39 is 0 Å². The fourth-order valence-corrected chi connectivity index (χ4v) is 4.25. The van der Waals surface area contributed by atoms with E-state index in [0.717, 1.165) is 33.0 Å². The monoisotopic (exact) mass is 363 g/mol. The molecule has 0 saturated heterocycles. The molecular weight excluding hydrogens is 342 g/mol. The molecule has 6 nitrogen and oxygen atoms in total. The van der Waals surface area contributed by atoms with Crippen LogP contribution in [0.3, 0.4) is 0 Å². The van der Waals surface area contributed by atoms with Gasteiger partial charge in [-0.25, -0.2) is 0 Å². The number of aromatic nitrogens is 4. The fraction of sp³-hybridized carbons (Fsp3) is 0.438. The van der Waals surface area contributed by atoms with Gasteiger partial charge in [-0.05, 0) is 30.0 Å². The molecular formula is C16H21N5OS2. The molecule has 2 N–H and O–H groups in total. The van der Waals surface area contributed by atoms with Gasteiger partial charge in [-0.1, -0.05) is 49.1 Å². The molecule has 0 aliphatic heterocycles. The largest absolute Gasteiger partial charge is 0.497 e. The second-order valence-electron chi connectivity index (χ2n) is 6.00. The van der Waals surface area contributed by atoms with Crippen molar-refractivity contribution < 1.29 is 4.74 Å². The third-order valence-electron chi connectivity index (χ3n) is 3.55. The maximum Gasteiger partial charge on any atom is 0.235 e. The Morgan fingerprint density at radius 1 is 1.33 bits per heavy atom. The molecule has 1 atom stereocenters. The lowest BCUT2D eigenvalue weighted by Gasteiger charge is -2.10. The molecule has 3 aromatic rings. The minimum atomic E-state index is -0.140. The first-order chi connectivity index (χ1) is 11.6. The predicted molar refractivity (Wildman–Crippen MR) is 97.6 cm³/mol. The highest BCUT2D eigenvalue weighted by molar-refractivity contribution is 8.00. The van der Waals surface area contributed by atoms with Gasteiger partial charge in [0, 0.05) is 5.75 Å². The minimum Gasteiger partial charge on any atom is -0.497 e. The molecule has 0 radical (unpaired) electrons. The van der Waals surface area contributed by atoms with Crippen molar-refractivity contribution >= 4 is 28.1 Å². The zero-order valence-electron chi connectivity index (χ0n) is 14.0. The summed E-state index contributed by atoms with van der Waals surface area (Å²) in [6, 6.07) is 7.92. The molecule has 3 rings (SSSR count). The Morgan fingerprint density at radius 2 is 2.17 bits per heavy atom. The fourth-order valence-electron chi connectivity index (χ4n) is 2.42. The van der Waals surface area contributed by atoms with Crippen molar-refractivity contribution in [1.82, 2.24) is 19.8 Å². The summed E-state index contributed by atoms with van der Waals surface area (Å²) in [5, 5.41) is 13.0. The second-order valence-corrected chi connectivity index (χ2v) is 8.18. The summed E-state index contributed by atoms with van der Waals surface area (Å²) in [4.78, 5) is 0.789.